The van der Waals surface area contributed by atoms with E-state index < -0.39 is 11.2 Å². The van der Waals surface area contributed by atoms with E-state index in [1.165, 1.54) is 16.7 Å². The van der Waals surface area contributed by atoms with Crippen LogP contribution >= 0.6 is 50.9 Å². The molecule has 0 bridgehead atoms. The molecule has 2 amide bonds. The molecular weight excluding hydrogens is 569 g/mol. The number of halogens is 3. The minimum Gasteiger partial charge on any atom is -0.321 e. The molecule has 0 saturated carbocycles. The molecule has 9 heteroatoms. The lowest BCUT2D eigenvalue weighted by atomic mass is 10.1. The topological polar surface area (TPSA) is 73.2 Å². The van der Waals surface area contributed by atoms with Crippen LogP contribution in [0.1, 0.15) is 11.1 Å². The van der Waals surface area contributed by atoms with Gasteiger partial charge in [-0.1, -0.05) is 68.6 Å². The molecule has 35 heavy (non-hydrogen) atoms. The van der Waals surface area contributed by atoms with Gasteiger partial charge in [0.25, 0.3) is 5.91 Å². The number of carbonyl (C=O) groups is 2. The van der Waals surface area contributed by atoms with Gasteiger partial charge in [0.2, 0.25) is 5.91 Å². The number of amides is 2. The molecule has 0 aliphatic carbocycles. The van der Waals surface area contributed by atoms with E-state index in [2.05, 4.69) is 21.2 Å². The normalized spacial score (nSPS) is 16.7. The molecule has 0 spiro atoms. The second-order valence-electron chi connectivity index (χ2n) is 7.81. The number of aryl methyl sites for hydroxylation is 1. The first kappa shape index (κ1) is 25.3. The number of anilines is 2. The Labute approximate surface area is 225 Å². The van der Waals surface area contributed by atoms with Crippen molar-refractivity contribution >= 4 is 74.1 Å². The number of carbonyl (C=O) groups excluding carboxylic acids is 2. The van der Waals surface area contributed by atoms with Crippen LogP contribution in [0.15, 0.2) is 81.8 Å². The Morgan fingerprint density at radius 2 is 1.80 bits per heavy atom. The lowest BCUT2D eigenvalue weighted by Crippen LogP contribution is -2.31. The molecule has 3 aromatic carbocycles. The zero-order valence-corrected chi connectivity index (χ0v) is 22.3. The average Bonchev–Trinajstić information content (AvgIpc) is 3.14. The zero-order valence-electron chi connectivity index (χ0n) is 18.4. The summed E-state index contributed by atoms with van der Waals surface area (Å²) in [4.78, 5) is 28.2. The molecule has 1 aliphatic heterocycles. The van der Waals surface area contributed by atoms with Gasteiger partial charge in [-0.15, -0.1) is 0 Å². The zero-order chi connectivity index (χ0) is 25.1. The maximum Gasteiger partial charge on any atom is 0.269 e. The number of hydrogen-bond acceptors (Lipinski definition) is 4. The van der Waals surface area contributed by atoms with Crippen LogP contribution in [0.2, 0.25) is 10.0 Å². The van der Waals surface area contributed by atoms with Crippen LogP contribution in [-0.2, 0) is 16.0 Å². The van der Waals surface area contributed by atoms with Gasteiger partial charge in [0.05, 0.1) is 5.25 Å². The summed E-state index contributed by atoms with van der Waals surface area (Å²) in [6.45, 7) is 1.94. The van der Waals surface area contributed by atoms with Crippen molar-refractivity contribution in [2.24, 2.45) is 0 Å². The largest absolute Gasteiger partial charge is 0.321 e. The van der Waals surface area contributed by atoms with Gasteiger partial charge in [0.1, 0.15) is 16.7 Å². The summed E-state index contributed by atoms with van der Waals surface area (Å²) in [5.74, 6) is -0.835. The van der Waals surface area contributed by atoms with Crippen molar-refractivity contribution in [3.63, 3.8) is 0 Å². The first-order valence-electron chi connectivity index (χ1n) is 10.5. The van der Waals surface area contributed by atoms with Crippen molar-refractivity contribution in [2.75, 3.05) is 10.2 Å². The highest BCUT2D eigenvalue weighted by atomic mass is 79.9. The third-order valence-electron chi connectivity index (χ3n) is 5.31. The van der Waals surface area contributed by atoms with Gasteiger partial charge in [-0.05, 0) is 73.5 Å². The van der Waals surface area contributed by atoms with Crippen molar-refractivity contribution in [2.45, 2.75) is 18.6 Å². The Kier molecular flexibility index (Phi) is 7.88. The second kappa shape index (κ2) is 10.9. The van der Waals surface area contributed by atoms with Crippen LogP contribution in [0.25, 0.3) is 0 Å². The van der Waals surface area contributed by atoms with E-state index in [4.69, 9.17) is 23.2 Å². The maximum absolute atomic E-state index is 13.6. The Morgan fingerprint density at radius 1 is 1.11 bits per heavy atom. The van der Waals surface area contributed by atoms with Crippen LogP contribution in [0.4, 0.5) is 11.4 Å². The Balaban J connectivity index is 1.73. The molecule has 1 fully saturated rings. The van der Waals surface area contributed by atoms with E-state index >= 15 is 0 Å². The van der Waals surface area contributed by atoms with Crippen LogP contribution in [0.5, 0.6) is 0 Å². The standard InChI is InChI=1S/C26H18BrCl2N3O2S/c1-15-2-9-20(10-3-15)32-25(34)23(13-16-12-18(28)6-11-22(16)29)35-26(32)21(14-30)24(33)31-19-7-4-17(27)5-8-19/h2-12,23H,13H2,1H3,(H,31,33). The Morgan fingerprint density at radius 3 is 2.46 bits per heavy atom. The summed E-state index contributed by atoms with van der Waals surface area (Å²) in [5, 5.41) is 13.4. The first-order chi connectivity index (χ1) is 16.8. The fourth-order valence-electron chi connectivity index (χ4n) is 3.54. The molecule has 5 nitrogen and oxygen atoms in total. The quantitative estimate of drug-likeness (QED) is 0.255. The van der Waals surface area contributed by atoms with E-state index in [0.717, 1.165) is 10.0 Å². The van der Waals surface area contributed by atoms with Crippen molar-refractivity contribution in [1.29, 1.82) is 5.26 Å². The predicted molar refractivity (Wildman–Crippen MR) is 146 cm³/mol. The van der Waals surface area contributed by atoms with Gasteiger partial charge in [0, 0.05) is 25.9 Å². The van der Waals surface area contributed by atoms with E-state index in [0.29, 0.717) is 33.4 Å². The van der Waals surface area contributed by atoms with Crippen LogP contribution < -0.4 is 10.2 Å². The highest BCUT2D eigenvalue weighted by Crippen LogP contribution is 2.42. The number of rotatable bonds is 5. The number of thioether (sulfide) groups is 1. The van der Waals surface area contributed by atoms with E-state index in [9.17, 15) is 14.9 Å². The fourth-order valence-corrected chi connectivity index (χ4v) is 5.49. The number of nitrogens with zero attached hydrogens (tertiary/aromatic N) is 2. The molecule has 1 N–H and O–H groups in total. The average molecular weight is 587 g/mol. The minimum absolute atomic E-state index is 0.147. The van der Waals surface area contributed by atoms with E-state index in [1.807, 2.05) is 25.1 Å². The van der Waals surface area contributed by atoms with Crippen molar-refractivity contribution < 1.29 is 9.59 Å². The summed E-state index contributed by atoms with van der Waals surface area (Å²) >= 11 is 17.0. The smallest absolute Gasteiger partial charge is 0.269 e. The van der Waals surface area contributed by atoms with Crippen LogP contribution in [-0.4, -0.2) is 17.1 Å². The maximum atomic E-state index is 13.6. The molecule has 4 rings (SSSR count). The summed E-state index contributed by atoms with van der Waals surface area (Å²) in [7, 11) is 0. The molecule has 1 atom stereocenters. The highest BCUT2D eigenvalue weighted by Gasteiger charge is 2.41. The molecule has 1 saturated heterocycles. The van der Waals surface area contributed by atoms with E-state index in [1.54, 1.807) is 54.6 Å². The van der Waals surface area contributed by atoms with Crippen molar-refractivity contribution in [3.8, 4) is 6.07 Å². The minimum atomic E-state index is -0.594. The van der Waals surface area contributed by atoms with Gasteiger partial charge < -0.3 is 5.32 Å². The molecule has 176 valence electrons. The first-order valence-corrected chi connectivity index (χ1v) is 12.9. The van der Waals surface area contributed by atoms with Gasteiger partial charge in [-0.3, -0.25) is 14.5 Å². The third-order valence-corrected chi connectivity index (χ3v) is 7.71. The molecule has 1 unspecified atom stereocenters. The van der Waals surface area contributed by atoms with Crippen LogP contribution in [0, 0.1) is 18.3 Å². The number of benzene rings is 3. The SMILES string of the molecule is Cc1ccc(N2C(=O)C(Cc3cc(Cl)ccc3Cl)SC2=C(C#N)C(=O)Nc2ccc(Br)cc2)cc1. The molecule has 0 aromatic heterocycles. The van der Waals surface area contributed by atoms with Crippen LogP contribution in [0.3, 0.4) is 0 Å². The summed E-state index contributed by atoms with van der Waals surface area (Å²) < 4.78 is 0.861. The predicted octanol–water partition coefficient (Wildman–Crippen LogP) is 7.13. The van der Waals surface area contributed by atoms with Gasteiger partial charge in [0.15, 0.2) is 0 Å². The molecule has 1 aliphatic rings. The Hall–Kier alpha value is -2.76. The summed E-state index contributed by atoms with van der Waals surface area (Å²) in [5.41, 5.74) is 2.70. The fraction of sp³-hybridized carbons (Fsp3) is 0.115. The molecule has 0 radical (unpaired) electrons. The Bertz CT molecular complexity index is 1370. The van der Waals surface area contributed by atoms with Gasteiger partial charge in [-0.2, -0.15) is 5.26 Å². The molecule has 3 aromatic rings. The molecular formula is C26H18BrCl2N3O2S. The lowest BCUT2D eigenvalue weighted by molar-refractivity contribution is -0.117. The summed E-state index contributed by atoms with van der Waals surface area (Å²) in [6, 6.07) is 21.4. The molecule has 1 heterocycles. The van der Waals surface area contributed by atoms with Crippen molar-refractivity contribution in [3.05, 3.63) is 103 Å². The lowest BCUT2D eigenvalue weighted by Gasteiger charge is -2.19. The van der Waals surface area contributed by atoms with Gasteiger partial charge >= 0.3 is 0 Å². The van der Waals surface area contributed by atoms with E-state index in [-0.39, 0.29) is 16.5 Å². The second-order valence-corrected chi connectivity index (χ2v) is 10.8. The van der Waals surface area contributed by atoms with Crippen molar-refractivity contribution in [1.82, 2.24) is 0 Å². The number of nitrogens with one attached hydrogen (secondary N) is 1. The summed E-state index contributed by atoms with van der Waals surface area (Å²) in [6.07, 6.45) is 0.293. The number of hydrogen-bond donors (Lipinski definition) is 1. The monoisotopic (exact) mass is 585 g/mol. The highest BCUT2D eigenvalue weighted by molar-refractivity contribution is 9.10. The van der Waals surface area contributed by atoms with Gasteiger partial charge in [-0.25, -0.2) is 0 Å². The number of nitriles is 1. The third kappa shape index (κ3) is 5.74.